The molecule has 1 aliphatic rings. The molecule has 0 radical (unpaired) electrons. The first-order valence-corrected chi connectivity index (χ1v) is 6.38. The summed E-state index contributed by atoms with van der Waals surface area (Å²) >= 11 is 0. The van der Waals surface area contributed by atoms with E-state index >= 15 is 0 Å². The lowest BCUT2D eigenvalue weighted by molar-refractivity contribution is 0.0383. The van der Waals surface area contributed by atoms with Crippen molar-refractivity contribution in [1.82, 2.24) is 15.2 Å². The number of hydrogen-bond donors (Lipinski definition) is 1. The molecular weight excluding hydrogens is 246 g/mol. The molecule has 2 rings (SSSR count). The Kier molecular flexibility index (Phi) is 5.11. The monoisotopic (exact) mass is 265 g/mol. The predicted octanol–water partition coefficient (Wildman–Crippen LogP) is 0.152. The SMILES string of the molecule is COc1ccc(C(=O)NCCN2CCOCC2)cn1. The molecule has 0 aromatic carbocycles. The Hall–Kier alpha value is -1.66. The van der Waals surface area contributed by atoms with Crippen molar-refractivity contribution in [2.75, 3.05) is 46.5 Å². The molecule has 1 N–H and O–H groups in total. The van der Waals surface area contributed by atoms with Crippen LogP contribution in [-0.4, -0.2) is 62.3 Å². The Bertz CT molecular complexity index is 402. The average molecular weight is 265 g/mol. The minimum atomic E-state index is -0.108. The molecule has 0 saturated carbocycles. The van der Waals surface area contributed by atoms with Gasteiger partial charge >= 0.3 is 0 Å². The van der Waals surface area contributed by atoms with Crippen LogP contribution in [0.4, 0.5) is 0 Å². The number of nitrogens with one attached hydrogen (secondary N) is 1. The van der Waals surface area contributed by atoms with Crippen LogP contribution in [0.3, 0.4) is 0 Å². The first-order valence-electron chi connectivity index (χ1n) is 6.38. The zero-order chi connectivity index (χ0) is 13.5. The molecule has 1 saturated heterocycles. The lowest BCUT2D eigenvalue weighted by Crippen LogP contribution is -2.41. The highest BCUT2D eigenvalue weighted by atomic mass is 16.5. The molecule has 19 heavy (non-hydrogen) atoms. The third-order valence-corrected chi connectivity index (χ3v) is 3.02. The van der Waals surface area contributed by atoms with E-state index < -0.39 is 0 Å². The van der Waals surface area contributed by atoms with Gasteiger partial charge in [-0.1, -0.05) is 0 Å². The van der Waals surface area contributed by atoms with Gasteiger partial charge < -0.3 is 14.8 Å². The van der Waals surface area contributed by atoms with E-state index in [-0.39, 0.29) is 5.91 Å². The highest BCUT2D eigenvalue weighted by Gasteiger charge is 2.11. The van der Waals surface area contributed by atoms with Crippen molar-refractivity contribution < 1.29 is 14.3 Å². The van der Waals surface area contributed by atoms with Gasteiger partial charge in [0, 0.05) is 38.4 Å². The van der Waals surface area contributed by atoms with Gasteiger partial charge in [-0.25, -0.2) is 4.98 Å². The van der Waals surface area contributed by atoms with Crippen LogP contribution in [0.2, 0.25) is 0 Å². The van der Waals surface area contributed by atoms with E-state index in [0.29, 0.717) is 18.0 Å². The lowest BCUT2D eigenvalue weighted by Gasteiger charge is -2.26. The largest absolute Gasteiger partial charge is 0.481 e. The maximum absolute atomic E-state index is 11.9. The molecular formula is C13H19N3O3. The van der Waals surface area contributed by atoms with Crippen LogP contribution in [0.15, 0.2) is 18.3 Å². The summed E-state index contributed by atoms with van der Waals surface area (Å²) in [6.07, 6.45) is 1.52. The molecule has 1 aromatic heterocycles. The highest BCUT2D eigenvalue weighted by Crippen LogP contribution is 2.06. The molecule has 0 unspecified atom stereocenters. The molecule has 0 aliphatic carbocycles. The molecule has 1 amide bonds. The molecule has 104 valence electrons. The van der Waals surface area contributed by atoms with Crippen LogP contribution < -0.4 is 10.1 Å². The number of methoxy groups -OCH3 is 1. The molecule has 0 spiro atoms. The minimum absolute atomic E-state index is 0.108. The summed E-state index contributed by atoms with van der Waals surface area (Å²) in [5.74, 6) is 0.397. The fourth-order valence-corrected chi connectivity index (χ4v) is 1.89. The van der Waals surface area contributed by atoms with E-state index in [0.717, 1.165) is 32.8 Å². The third kappa shape index (κ3) is 4.18. The molecule has 0 bridgehead atoms. The van der Waals surface area contributed by atoms with Crippen molar-refractivity contribution in [3.05, 3.63) is 23.9 Å². The van der Waals surface area contributed by atoms with Gasteiger partial charge in [0.1, 0.15) is 0 Å². The number of rotatable bonds is 5. The molecule has 1 fully saturated rings. The lowest BCUT2D eigenvalue weighted by atomic mass is 10.2. The molecule has 1 aliphatic heterocycles. The van der Waals surface area contributed by atoms with Crippen LogP contribution in [0.5, 0.6) is 5.88 Å². The molecule has 1 aromatic rings. The topological polar surface area (TPSA) is 63.7 Å². The van der Waals surface area contributed by atoms with Gasteiger partial charge in [0.05, 0.1) is 25.9 Å². The minimum Gasteiger partial charge on any atom is -0.481 e. The second-order valence-corrected chi connectivity index (χ2v) is 4.30. The fraction of sp³-hybridized carbons (Fsp3) is 0.538. The maximum Gasteiger partial charge on any atom is 0.252 e. The first kappa shape index (κ1) is 13.8. The van der Waals surface area contributed by atoms with Crippen LogP contribution >= 0.6 is 0 Å². The Morgan fingerprint density at radius 2 is 2.26 bits per heavy atom. The van der Waals surface area contributed by atoms with Gasteiger partial charge in [-0.3, -0.25) is 9.69 Å². The number of carbonyl (C=O) groups is 1. The number of carbonyl (C=O) groups excluding carboxylic acids is 1. The van der Waals surface area contributed by atoms with E-state index in [1.807, 2.05) is 0 Å². The third-order valence-electron chi connectivity index (χ3n) is 3.02. The predicted molar refractivity (Wildman–Crippen MR) is 70.4 cm³/mol. The quantitative estimate of drug-likeness (QED) is 0.821. The second-order valence-electron chi connectivity index (χ2n) is 4.30. The second kappa shape index (κ2) is 7.06. The van der Waals surface area contributed by atoms with Crippen molar-refractivity contribution in [2.45, 2.75) is 0 Å². The van der Waals surface area contributed by atoms with E-state index in [2.05, 4.69) is 15.2 Å². The van der Waals surface area contributed by atoms with Gasteiger partial charge in [-0.15, -0.1) is 0 Å². The molecule has 6 nitrogen and oxygen atoms in total. The van der Waals surface area contributed by atoms with Gasteiger partial charge in [0.2, 0.25) is 5.88 Å². The Morgan fingerprint density at radius 3 is 2.89 bits per heavy atom. The number of hydrogen-bond acceptors (Lipinski definition) is 5. The van der Waals surface area contributed by atoms with Gasteiger partial charge in [0.25, 0.3) is 5.91 Å². The smallest absolute Gasteiger partial charge is 0.252 e. The van der Waals surface area contributed by atoms with E-state index in [9.17, 15) is 4.79 Å². The van der Waals surface area contributed by atoms with E-state index in [1.54, 1.807) is 19.2 Å². The summed E-state index contributed by atoms with van der Waals surface area (Å²) in [5, 5.41) is 2.88. The summed E-state index contributed by atoms with van der Waals surface area (Å²) in [5.41, 5.74) is 0.544. The number of nitrogens with zero attached hydrogens (tertiary/aromatic N) is 2. The van der Waals surface area contributed by atoms with E-state index in [4.69, 9.17) is 9.47 Å². The van der Waals surface area contributed by atoms with Crippen LogP contribution in [0, 0.1) is 0 Å². The van der Waals surface area contributed by atoms with Crippen LogP contribution in [-0.2, 0) is 4.74 Å². The number of pyridine rings is 1. The zero-order valence-electron chi connectivity index (χ0n) is 11.1. The normalized spacial score (nSPS) is 16.1. The van der Waals surface area contributed by atoms with Crippen LogP contribution in [0.25, 0.3) is 0 Å². The standard InChI is InChI=1S/C13H19N3O3/c1-18-12-3-2-11(10-15-12)13(17)14-4-5-16-6-8-19-9-7-16/h2-3,10H,4-9H2,1H3,(H,14,17). The number of ether oxygens (including phenoxy) is 2. The van der Waals surface area contributed by atoms with Crippen molar-refractivity contribution in [3.63, 3.8) is 0 Å². The summed E-state index contributed by atoms with van der Waals surface area (Å²) in [7, 11) is 1.55. The Balaban J connectivity index is 1.73. The summed E-state index contributed by atoms with van der Waals surface area (Å²) < 4.78 is 10.2. The Labute approximate surface area is 112 Å². The van der Waals surface area contributed by atoms with E-state index in [1.165, 1.54) is 6.20 Å². The van der Waals surface area contributed by atoms with Crippen LogP contribution in [0.1, 0.15) is 10.4 Å². The first-order chi connectivity index (χ1) is 9.29. The van der Waals surface area contributed by atoms with Crippen molar-refractivity contribution >= 4 is 5.91 Å². The average Bonchev–Trinajstić information content (AvgIpc) is 2.48. The number of amides is 1. The number of aromatic nitrogens is 1. The van der Waals surface area contributed by atoms with Gasteiger partial charge in [-0.2, -0.15) is 0 Å². The summed E-state index contributed by atoms with van der Waals surface area (Å²) in [4.78, 5) is 18.1. The van der Waals surface area contributed by atoms with Crippen molar-refractivity contribution in [3.8, 4) is 5.88 Å². The summed E-state index contributed by atoms with van der Waals surface area (Å²) in [6, 6.07) is 3.38. The number of morpholine rings is 1. The Morgan fingerprint density at radius 1 is 1.47 bits per heavy atom. The van der Waals surface area contributed by atoms with Crippen molar-refractivity contribution in [1.29, 1.82) is 0 Å². The fourth-order valence-electron chi connectivity index (χ4n) is 1.89. The summed E-state index contributed by atoms with van der Waals surface area (Å²) in [6.45, 7) is 4.89. The van der Waals surface area contributed by atoms with Gasteiger partial charge in [0.15, 0.2) is 0 Å². The van der Waals surface area contributed by atoms with Gasteiger partial charge in [-0.05, 0) is 6.07 Å². The van der Waals surface area contributed by atoms with Crippen molar-refractivity contribution in [2.24, 2.45) is 0 Å². The zero-order valence-corrected chi connectivity index (χ0v) is 11.1. The highest BCUT2D eigenvalue weighted by molar-refractivity contribution is 5.93. The molecule has 2 heterocycles. The molecule has 0 atom stereocenters. The molecule has 6 heteroatoms. The maximum atomic E-state index is 11.9.